The summed E-state index contributed by atoms with van der Waals surface area (Å²) in [5.41, 5.74) is -1.11. The van der Waals surface area contributed by atoms with Crippen LogP contribution in [-0.4, -0.2) is 41.6 Å². The monoisotopic (exact) mass is 383 g/mol. The maximum atomic E-state index is 6.48. The summed E-state index contributed by atoms with van der Waals surface area (Å²) in [5.74, 6) is 0.280. The third-order valence-electron chi connectivity index (χ3n) is 6.71. The summed E-state index contributed by atoms with van der Waals surface area (Å²) in [5, 5.41) is 3.35. The largest absolute Gasteiger partial charge is 0.468 e. The number of thiocarbonyl (C=S) groups is 1. The molecule has 1 saturated carbocycles. The normalized spacial score (nSPS) is 49.2. The zero-order valence-electron chi connectivity index (χ0n) is 15.8. The first-order chi connectivity index (χ1) is 12.3. The molecule has 4 heterocycles. The molecule has 4 aliphatic heterocycles. The number of nitrogens with one attached hydrogen (secondary N) is 1. The SMILES string of the molecule is C=CCNC(=S)OC[C@@]1(C)O[C@@H]2O[C@@]3(C)CC[C@H]4[C@H](C)CCC1[C@@]24OO3. The number of ether oxygens (including phenoxy) is 3. The average Bonchev–Trinajstić information content (AvgIpc) is 2.70. The Balaban J connectivity index is 1.59. The summed E-state index contributed by atoms with van der Waals surface area (Å²) in [6.45, 7) is 10.9. The van der Waals surface area contributed by atoms with Crippen molar-refractivity contribution in [2.45, 2.75) is 69.7 Å². The summed E-state index contributed by atoms with van der Waals surface area (Å²) < 4.78 is 18.6. The lowest BCUT2D eigenvalue weighted by atomic mass is 9.60. The minimum atomic E-state index is -0.746. The van der Waals surface area contributed by atoms with Gasteiger partial charge in [0.05, 0.1) is 0 Å². The molecule has 1 aliphatic carbocycles. The van der Waals surface area contributed by atoms with Crippen molar-refractivity contribution in [3.05, 3.63) is 12.7 Å². The standard InChI is InChI=1S/C19H29NO5S/c1-5-10-20-16(26)21-11-17(3)14-7-6-12(2)13-8-9-18(4)23-15(22-17)19(13,14)25-24-18/h5,12-15H,1,6-11H2,2-4H3,(H,20,26)/t12-,13+,14?,15-,17-,18-,19-/m1/s1. The van der Waals surface area contributed by atoms with Gasteiger partial charge in [-0.3, -0.25) is 0 Å². The zero-order chi connectivity index (χ0) is 18.6. The number of fused-ring (bicyclic) bond motifs is 2. The molecule has 0 radical (unpaired) electrons. The fraction of sp³-hybridized carbons (Fsp3) is 0.842. The Labute approximate surface area is 160 Å². The number of hydrogen-bond acceptors (Lipinski definition) is 6. The predicted octanol–water partition coefficient (Wildman–Crippen LogP) is 3.07. The van der Waals surface area contributed by atoms with Crippen molar-refractivity contribution in [2.24, 2.45) is 17.8 Å². The van der Waals surface area contributed by atoms with Gasteiger partial charge in [0.2, 0.25) is 5.79 Å². The van der Waals surface area contributed by atoms with Crippen LogP contribution in [0.1, 0.15) is 46.5 Å². The molecule has 26 heavy (non-hydrogen) atoms. The van der Waals surface area contributed by atoms with E-state index in [9.17, 15) is 0 Å². The summed E-state index contributed by atoms with van der Waals surface area (Å²) in [4.78, 5) is 11.9. The van der Waals surface area contributed by atoms with E-state index in [0.29, 0.717) is 30.2 Å². The molecule has 0 amide bonds. The second kappa shape index (κ2) is 6.41. The molecule has 1 unspecified atom stereocenters. The maximum absolute atomic E-state index is 6.48. The molecule has 1 N–H and O–H groups in total. The van der Waals surface area contributed by atoms with Crippen LogP contribution in [0.2, 0.25) is 0 Å². The summed E-state index contributed by atoms with van der Waals surface area (Å²) in [6, 6.07) is 0. The van der Waals surface area contributed by atoms with Crippen LogP contribution in [0.4, 0.5) is 0 Å². The lowest BCUT2D eigenvalue weighted by molar-refractivity contribution is -0.541. The van der Waals surface area contributed by atoms with E-state index >= 15 is 0 Å². The lowest BCUT2D eigenvalue weighted by Gasteiger charge is -2.50. The maximum Gasteiger partial charge on any atom is 0.256 e. The van der Waals surface area contributed by atoms with E-state index in [4.69, 9.17) is 36.2 Å². The summed E-state index contributed by atoms with van der Waals surface area (Å²) in [7, 11) is 0. The topological polar surface area (TPSA) is 58.2 Å². The highest BCUT2D eigenvalue weighted by Gasteiger charge is 2.74. The molecule has 5 rings (SSSR count). The van der Waals surface area contributed by atoms with Crippen molar-refractivity contribution in [2.75, 3.05) is 13.2 Å². The van der Waals surface area contributed by atoms with Crippen LogP contribution >= 0.6 is 12.2 Å². The van der Waals surface area contributed by atoms with E-state index in [-0.39, 0.29) is 5.92 Å². The molecule has 7 heteroatoms. The van der Waals surface area contributed by atoms with Gasteiger partial charge in [-0.15, -0.1) is 6.58 Å². The van der Waals surface area contributed by atoms with Gasteiger partial charge in [-0.1, -0.05) is 13.0 Å². The molecule has 0 aromatic rings. The summed E-state index contributed by atoms with van der Waals surface area (Å²) >= 11 is 5.24. The van der Waals surface area contributed by atoms with Crippen LogP contribution in [0.5, 0.6) is 0 Å². The van der Waals surface area contributed by atoms with E-state index in [1.54, 1.807) is 6.08 Å². The first-order valence-corrected chi connectivity index (χ1v) is 9.98. The van der Waals surface area contributed by atoms with E-state index in [1.165, 1.54) is 0 Å². The van der Waals surface area contributed by atoms with E-state index in [1.807, 2.05) is 6.92 Å². The van der Waals surface area contributed by atoms with Gasteiger partial charge in [0.15, 0.2) is 11.9 Å². The van der Waals surface area contributed by atoms with Crippen LogP contribution in [0.25, 0.3) is 0 Å². The zero-order valence-corrected chi connectivity index (χ0v) is 16.6. The lowest BCUT2D eigenvalue weighted by Crippen LogP contribution is -2.62. The van der Waals surface area contributed by atoms with E-state index < -0.39 is 23.3 Å². The predicted molar refractivity (Wildman–Crippen MR) is 99.0 cm³/mol. The first kappa shape index (κ1) is 18.6. The highest BCUT2D eigenvalue weighted by Crippen LogP contribution is 2.63. The quantitative estimate of drug-likeness (QED) is 0.455. The molecule has 2 bridgehead atoms. The van der Waals surface area contributed by atoms with Gasteiger partial charge < -0.3 is 19.5 Å². The second-order valence-electron chi connectivity index (χ2n) is 8.53. The fourth-order valence-corrected chi connectivity index (χ4v) is 5.50. The van der Waals surface area contributed by atoms with E-state index in [0.717, 1.165) is 25.7 Å². The first-order valence-electron chi connectivity index (χ1n) is 9.57. The molecule has 7 atom stereocenters. The Morgan fingerprint density at radius 3 is 2.85 bits per heavy atom. The molecular weight excluding hydrogens is 354 g/mol. The van der Waals surface area contributed by atoms with E-state index in [2.05, 4.69) is 25.7 Å². The number of hydrogen-bond donors (Lipinski definition) is 1. The van der Waals surface area contributed by atoms with Gasteiger partial charge in [0.1, 0.15) is 12.2 Å². The van der Waals surface area contributed by atoms with Gasteiger partial charge >= 0.3 is 0 Å². The molecule has 5 aliphatic rings. The van der Waals surface area contributed by atoms with Gasteiger partial charge in [-0.25, -0.2) is 9.78 Å². The Morgan fingerprint density at radius 2 is 2.08 bits per heavy atom. The van der Waals surface area contributed by atoms with Crippen molar-refractivity contribution in [3.63, 3.8) is 0 Å². The minimum Gasteiger partial charge on any atom is -0.468 e. The van der Waals surface area contributed by atoms with Crippen molar-refractivity contribution < 1.29 is 24.0 Å². The third-order valence-corrected chi connectivity index (χ3v) is 6.97. The Kier molecular flexibility index (Phi) is 4.59. The highest BCUT2D eigenvalue weighted by atomic mass is 32.1. The fourth-order valence-electron chi connectivity index (χ4n) is 5.36. The summed E-state index contributed by atoms with van der Waals surface area (Å²) in [6.07, 6.45) is 5.27. The van der Waals surface area contributed by atoms with Crippen LogP contribution < -0.4 is 5.32 Å². The Hall–Kier alpha value is -0.730. The van der Waals surface area contributed by atoms with Crippen molar-refractivity contribution >= 4 is 17.4 Å². The molecule has 5 fully saturated rings. The molecular formula is C19H29NO5S. The van der Waals surface area contributed by atoms with Crippen LogP contribution in [0.15, 0.2) is 12.7 Å². The molecule has 6 nitrogen and oxygen atoms in total. The average molecular weight is 384 g/mol. The highest BCUT2D eigenvalue weighted by molar-refractivity contribution is 7.80. The smallest absolute Gasteiger partial charge is 0.256 e. The second-order valence-corrected chi connectivity index (χ2v) is 8.90. The van der Waals surface area contributed by atoms with Crippen molar-refractivity contribution in [3.8, 4) is 0 Å². The van der Waals surface area contributed by atoms with Gasteiger partial charge in [0, 0.05) is 18.9 Å². The van der Waals surface area contributed by atoms with Crippen molar-refractivity contribution in [1.82, 2.24) is 5.32 Å². The Morgan fingerprint density at radius 1 is 1.27 bits per heavy atom. The molecule has 146 valence electrons. The Bertz CT molecular complexity index is 602. The molecule has 0 aromatic carbocycles. The van der Waals surface area contributed by atoms with Gasteiger partial charge in [-0.2, -0.15) is 0 Å². The van der Waals surface area contributed by atoms with Crippen LogP contribution in [-0.2, 0) is 24.0 Å². The molecule has 4 saturated heterocycles. The van der Waals surface area contributed by atoms with Crippen LogP contribution in [0.3, 0.4) is 0 Å². The minimum absolute atomic E-state index is 0.131. The van der Waals surface area contributed by atoms with Crippen LogP contribution in [0, 0.1) is 17.8 Å². The molecule has 0 aromatic heterocycles. The van der Waals surface area contributed by atoms with Gasteiger partial charge in [0.25, 0.3) is 5.17 Å². The number of rotatable bonds is 4. The van der Waals surface area contributed by atoms with Gasteiger partial charge in [-0.05, 0) is 57.2 Å². The third kappa shape index (κ3) is 2.71. The van der Waals surface area contributed by atoms with Crippen molar-refractivity contribution in [1.29, 1.82) is 0 Å². The molecule has 1 spiro atoms.